The molecule has 0 spiro atoms. The molecule has 1 aliphatic heterocycles. The summed E-state index contributed by atoms with van der Waals surface area (Å²) < 4.78 is 0. The molecule has 1 aromatic rings. The lowest BCUT2D eigenvalue weighted by Gasteiger charge is -2.53. The first-order valence-corrected chi connectivity index (χ1v) is 9.27. The van der Waals surface area contributed by atoms with Crippen molar-refractivity contribution < 1.29 is 0 Å². The molecule has 2 N–H and O–H groups in total. The maximum atomic E-state index is 6.30. The second-order valence-electron chi connectivity index (χ2n) is 6.45. The van der Waals surface area contributed by atoms with Gasteiger partial charge in [0.2, 0.25) is 0 Å². The summed E-state index contributed by atoms with van der Waals surface area (Å²) in [5.74, 6) is 0.780. The van der Waals surface area contributed by atoms with E-state index in [1.807, 2.05) is 6.20 Å². The van der Waals surface area contributed by atoms with Crippen LogP contribution in [0.15, 0.2) is 11.6 Å². The molecule has 0 bridgehead atoms. The SMILES string of the molecule is CCC1CCCCC1(CN)N1CCN(c2nccs2)CC1. The molecule has 1 aromatic heterocycles. The maximum absolute atomic E-state index is 6.30. The summed E-state index contributed by atoms with van der Waals surface area (Å²) in [5, 5.41) is 3.24. The van der Waals surface area contributed by atoms with E-state index in [1.54, 1.807) is 11.3 Å². The molecular formula is C16H28N4S. The third-order valence-corrected chi connectivity index (χ3v) is 6.45. The van der Waals surface area contributed by atoms with Gasteiger partial charge in [-0.3, -0.25) is 4.90 Å². The summed E-state index contributed by atoms with van der Waals surface area (Å²) in [4.78, 5) is 9.59. The first-order chi connectivity index (χ1) is 10.3. The van der Waals surface area contributed by atoms with Gasteiger partial charge in [-0.1, -0.05) is 26.2 Å². The number of thiazole rings is 1. The van der Waals surface area contributed by atoms with Gasteiger partial charge < -0.3 is 10.6 Å². The number of aromatic nitrogens is 1. The van der Waals surface area contributed by atoms with Gasteiger partial charge in [-0.05, 0) is 18.8 Å². The minimum Gasteiger partial charge on any atom is -0.346 e. The van der Waals surface area contributed by atoms with Gasteiger partial charge in [-0.15, -0.1) is 11.3 Å². The van der Waals surface area contributed by atoms with E-state index in [-0.39, 0.29) is 5.54 Å². The average molecular weight is 308 g/mol. The number of piperazine rings is 1. The summed E-state index contributed by atoms with van der Waals surface area (Å²) >= 11 is 1.75. The largest absolute Gasteiger partial charge is 0.346 e. The fraction of sp³-hybridized carbons (Fsp3) is 0.812. The third-order valence-electron chi connectivity index (χ3n) is 5.62. The van der Waals surface area contributed by atoms with Gasteiger partial charge in [0, 0.05) is 49.8 Å². The van der Waals surface area contributed by atoms with E-state index in [4.69, 9.17) is 5.73 Å². The lowest BCUT2D eigenvalue weighted by Crippen LogP contribution is -2.64. The molecule has 2 atom stereocenters. The van der Waals surface area contributed by atoms with Gasteiger partial charge in [0.05, 0.1) is 0 Å². The molecule has 118 valence electrons. The highest BCUT2D eigenvalue weighted by atomic mass is 32.1. The van der Waals surface area contributed by atoms with Crippen LogP contribution in [0.25, 0.3) is 0 Å². The Hall–Kier alpha value is -0.650. The Kier molecular flexibility index (Phi) is 4.82. The second kappa shape index (κ2) is 6.63. The van der Waals surface area contributed by atoms with E-state index in [1.165, 1.54) is 37.2 Å². The van der Waals surface area contributed by atoms with Crippen molar-refractivity contribution in [3.8, 4) is 0 Å². The summed E-state index contributed by atoms with van der Waals surface area (Å²) in [7, 11) is 0. The molecule has 0 aromatic carbocycles. The Balaban J connectivity index is 1.69. The number of rotatable bonds is 4. The van der Waals surface area contributed by atoms with Crippen molar-refractivity contribution in [3.63, 3.8) is 0 Å². The molecule has 2 heterocycles. The van der Waals surface area contributed by atoms with Gasteiger partial charge in [0.15, 0.2) is 5.13 Å². The van der Waals surface area contributed by atoms with Crippen molar-refractivity contribution in [1.82, 2.24) is 9.88 Å². The van der Waals surface area contributed by atoms with E-state index in [9.17, 15) is 0 Å². The van der Waals surface area contributed by atoms with Crippen molar-refractivity contribution >= 4 is 16.5 Å². The summed E-state index contributed by atoms with van der Waals surface area (Å²) in [6, 6.07) is 0. The van der Waals surface area contributed by atoms with Gasteiger partial charge >= 0.3 is 0 Å². The monoisotopic (exact) mass is 308 g/mol. The molecular weight excluding hydrogens is 280 g/mol. The maximum Gasteiger partial charge on any atom is 0.185 e. The van der Waals surface area contributed by atoms with Crippen LogP contribution in [0.4, 0.5) is 5.13 Å². The van der Waals surface area contributed by atoms with Crippen molar-refractivity contribution in [3.05, 3.63) is 11.6 Å². The van der Waals surface area contributed by atoms with Crippen LogP contribution in [-0.2, 0) is 0 Å². The second-order valence-corrected chi connectivity index (χ2v) is 7.32. The molecule has 5 heteroatoms. The Labute approximate surface area is 132 Å². The molecule has 0 radical (unpaired) electrons. The van der Waals surface area contributed by atoms with Crippen LogP contribution >= 0.6 is 11.3 Å². The number of hydrogen-bond acceptors (Lipinski definition) is 5. The molecule has 0 amide bonds. The van der Waals surface area contributed by atoms with E-state index >= 15 is 0 Å². The number of nitrogens with two attached hydrogens (primary N) is 1. The highest BCUT2D eigenvalue weighted by Gasteiger charge is 2.44. The molecule has 3 rings (SSSR count). The lowest BCUT2D eigenvalue weighted by atomic mass is 9.70. The molecule has 2 fully saturated rings. The molecule has 1 saturated carbocycles. The molecule has 1 saturated heterocycles. The molecule has 1 aliphatic carbocycles. The lowest BCUT2D eigenvalue weighted by molar-refractivity contribution is 0.000385. The van der Waals surface area contributed by atoms with E-state index in [0.717, 1.165) is 38.6 Å². The minimum absolute atomic E-state index is 0.266. The van der Waals surface area contributed by atoms with Crippen molar-refractivity contribution in [2.24, 2.45) is 11.7 Å². The smallest absolute Gasteiger partial charge is 0.185 e. The van der Waals surface area contributed by atoms with Crippen molar-refractivity contribution in [2.45, 2.75) is 44.6 Å². The number of hydrogen-bond donors (Lipinski definition) is 1. The molecule has 2 aliphatic rings. The summed E-state index contributed by atoms with van der Waals surface area (Å²) in [6.07, 6.45) is 8.56. The summed E-state index contributed by atoms with van der Waals surface area (Å²) in [6.45, 7) is 7.60. The highest BCUT2D eigenvalue weighted by Crippen LogP contribution is 2.40. The van der Waals surface area contributed by atoms with Crippen LogP contribution in [-0.4, -0.2) is 48.1 Å². The van der Waals surface area contributed by atoms with Crippen LogP contribution in [0, 0.1) is 5.92 Å². The van der Waals surface area contributed by atoms with Gasteiger partial charge in [-0.2, -0.15) is 0 Å². The zero-order chi connectivity index (χ0) is 14.7. The fourth-order valence-electron chi connectivity index (χ4n) is 4.41. The predicted molar refractivity (Wildman–Crippen MR) is 89.9 cm³/mol. The Morgan fingerprint density at radius 2 is 2.14 bits per heavy atom. The van der Waals surface area contributed by atoms with Gasteiger partial charge in [0.25, 0.3) is 0 Å². The average Bonchev–Trinajstić information content (AvgIpc) is 3.09. The van der Waals surface area contributed by atoms with Gasteiger partial charge in [-0.25, -0.2) is 4.98 Å². The molecule has 2 unspecified atom stereocenters. The highest BCUT2D eigenvalue weighted by molar-refractivity contribution is 7.13. The first-order valence-electron chi connectivity index (χ1n) is 8.39. The standard InChI is InChI=1S/C16H28N4S/c1-2-14-5-3-4-6-16(14,13-17)20-10-8-19(9-11-20)15-18-7-12-21-15/h7,12,14H,2-6,8-11,13,17H2,1H3. The van der Waals surface area contributed by atoms with Crippen LogP contribution in [0.1, 0.15) is 39.0 Å². The molecule has 4 nitrogen and oxygen atoms in total. The van der Waals surface area contributed by atoms with E-state index in [2.05, 4.69) is 27.1 Å². The zero-order valence-corrected chi connectivity index (χ0v) is 13.9. The number of anilines is 1. The third kappa shape index (κ3) is 2.83. The van der Waals surface area contributed by atoms with Gasteiger partial charge in [0.1, 0.15) is 0 Å². The van der Waals surface area contributed by atoms with Crippen LogP contribution in [0.3, 0.4) is 0 Å². The topological polar surface area (TPSA) is 45.4 Å². The zero-order valence-electron chi connectivity index (χ0n) is 13.1. The fourth-order valence-corrected chi connectivity index (χ4v) is 5.10. The Morgan fingerprint density at radius 1 is 1.33 bits per heavy atom. The predicted octanol–water partition coefficient (Wildman–Crippen LogP) is 2.56. The number of nitrogens with zero attached hydrogens (tertiary/aromatic N) is 3. The summed E-state index contributed by atoms with van der Waals surface area (Å²) in [5.41, 5.74) is 6.56. The van der Waals surface area contributed by atoms with Crippen molar-refractivity contribution in [1.29, 1.82) is 0 Å². The van der Waals surface area contributed by atoms with Crippen LogP contribution in [0.5, 0.6) is 0 Å². The normalized spacial score (nSPS) is 31.5. The quantitative estimate of drug-likeness (QED) is 0.928. The minimum atomic E-state index is 0.266. The van der Waals surface area contributed by atoms with Crippen LogP contribution in [0.2, 0.25) is 0 Å². The Bertz CT molecular complexity index is 427. The Morgan fingerprint density at radius 3 is 2.76 bits per heavy atom. The van der Waals surface area contributed by atoms with Crippen molar-refractivity contribution in [2.75, 3.05) is 37.6 Å². The van der Waals surface area contributed by atoms with Crippen LogP contribution < -0.4 is 10.6 Å². The molecule has 21 heavy (non-hydrogen) atoms. The first kappa shape index (κ1) is 15.3. The van der Waals surface area contributed by atoms with E-state index < -0.39 is 0 Å². The van der Waals surface area contributed by atoms with E-state index in [0.29, 0.717) is 0 Å².